The zero-order valence-corrected chi connectivity index (χ0v) is 18.6. The first-order valence-corrected chi connectivity index (χ1v) is 11.4. The smallest absolute Gasteiger partial charge is 0.250 e. The number of para-hydroxylation sites is 2. The van der Waals surface area contributed by atoms with Gasteiger partial charge < -0.3 is 9.30 Å². The predicted molar refractivity (Wildman–Crippen MR) is 129 cm³/mol. The Bertz CT molecular complexity index is 1220. The molecule has 0 aliphatic carbocycles. The Morgan fingerprint density at radius 1 is 1.09 bits per heavy atom. The number of amides is 1. The van der Waals surface area contributed by atoms with Crippen molar-refractivity contribution in [1.82, 2.24) is 15.0 Å². The summed E-state index contributed by atoms with van der Waals surface area (Å²) in [7, 11) is 0. The van der Waals surface area contributed by atoms with Crippen molar-refractivity contribution < 1.29 is 9.53 Å². The molecule has 0 aliphatic rings. The highest BCUT2D eigenvalue weighted by Crippen LogP contribution is 2.23. The number of nitrogens with one attached hydrogen (secondary N) is 1. The molecule has 0 atom stereocenters. The molecule has 32 heavy (non-hydrogen) atoms. The highest BCUT2D eigenvalue weighted by molar-refractivity contribution is 7.99. The van der Waals surface area contributed by atoms with Crippen LogP contribution < -0.4 is 10.2 Å². The molecule has 1 heterocycles. The Hall–Kier alpha value is -3.58. The summed E-state index contributed by atoms with van der Waals surface area (Å²) < 4.78 is 7.94. The van der Waals surface area contributed by atoms with Crippen LogP contribution in [0, 0.1) is 0 Å². The molecule has 0 radical (unpaired) electrons. The van der Waals surface area contributed by atoms with E-state index in [0.717, 1.165) is 39.6 Å². The Morgan fingerprint density at radius 3 is 2.75 bits per heavy atom. The van der Waals surface area contributed by atoms with E-state index in [1.165, 1.54) is 11.8 Å². The second-order valence-electron chi connectivity index (χ2n) is 7.06. The van der Waals surface area contributed by atoms with Crippen LogP contribution in [0.25, 0.3) is 11.0 Å². The summed E-state index contributed by atoms with van der Waals surface area (Å²) in [6, 6.07) is 25.6. The second-order valence-corrected chi connectivity index (χ2v) is 8.00. The van der Waals surface area contributed by atoms with Crippen LogP contribution in [0.1, 0.15) is 18.1 Å². The zero-order valence-electron chi connectivity index (χ0n) is 17.8. The third kappa shape index (κ3) is 5.56. The normalized spacial score (nSPS) is 11.2. The largest absolute Gasteiger partial charge is 0.489 e. The number of carbonyl (C=O) groups is 1. The highest BCUT2D eigenvalue weighted by Gasteiger charge is 2.11. The number of imidazole rings is 1. The number of thioether (sulfide) groups is 1. The molecule has 7 heteroatoms. The maximum atomic E-state index is 12.2. The fraction of sp³-hybridized carbons (Fsp3) is 0.160. The first-order valence-electron chi connectivity index (χ1n) is 10.4. The quantitative estimate of drug-likeness (QED) is 0.227. The summed E-state index contributed by atoms with van der Waals surface area (Å²) in [4.78, 5) is 16.9. The number of hydrazone groups is 1. The molecular formula is C25H24N4O2S. The lowest BCUT2D eigenvalue weighted by Gasteiger charge is -2.07. The molecule has 4 rings (SSSR count). The van der Waals surface area contributed by atoms with E-state index in [-0.39, 0.29) is 11.7 Å². The molecule has 1 amide bonds. The molecule has 0 spiro atoms. The summed E-state index contributed by atoms with van der Waals surface area (Å²) in [5, 5.41) is 4.91. The van der Waals surface area contributed by atoms with Crippen LogP contribution in [-0.2, 0) is 17.9 Å². The minimum Gasteiger partial charge on any atom is -0.489 e. The van der Waals surface area contributed by atoms with Gasteiger partial charge in [0.05, 0.1) is 23.0 Å². The van der Waals surface area contributed by atoms with Crippen molar-refractivity contribution >= 4 is 34.9 Å². The average molecular weight is 445 g/mol. The fourth-order valence-corrected chi connectivity index (χ4v) is 4.11. The third-order valence-electron chi connectivity index (χ3n) is 4.78. The van der Waals surface area contributed by atoms with Crippen molar-refractivity contribution in [3.8, 4) is 5.75 Å². The lowest BCUT2D eigenvalue weighted by atomic mass is 10.2. The number of benzene rings is 3. The van der Waals surface area contributed by atoms with Gasteiger partial charge in [0.1, 0.15) is 12.4 Å². The molecule has 162 valence electrons. The van der Waals surface area contributed by atoms with E-state index in [4.69, 9.17) is 4.74 Å². The van der Waals surface area contributed by atoms with Crippen LogP contribution in [0.15, 0.2) is 89.1 Å². The molecule has 0 bridgehead atoms. The summed E-state index contributed by atoms with van der Waals surface area (Å²) in [5.74, 6) is 0.802. The predicted octanol–water partition coefficient (Wildman–Crippen LogP) is 4.88. The van der Waals surface area contributed by atoms with E-state index in [1.54, 1.807) is 6.21 Å². The number of hydrogen-bond donors (Lipinski definition) is 1. The van der Waals surface area contributed by atoms with Crippen molar-refractivity contribution in [3.05, 3.63) is 90.0 Å². The summed E-state index contributed by atoms with van der Waals surface area (Å²) in [6.07, 6.45) is 1.61. The van der Waals surface area contributed by atoms with E-state index < -0.39 is 0 Å². The van der Waals surface area contributed by atoms with Gasteiger partial charge in [0.25, 0.3) is 5.91 Å². The van der Waals surface area contributed by atoms with Crippen LogP contribution in [-0.4, -0.2) is 27.4 Å². The summed E-state index contributed by atoms with van der Waals surface area (Å²) >= 11 is 1.40. The molecule has 1 aromatic heterocycles. The molecule has 0 fully saturated rings. The Morgan fingerprint density at radius 2 is 1.91 bits per heavy atom. The van der Waals surface area contributed by atoms with E-state index in [2.05, 4.69) is 27.0 Å². The van der Waals surface area contributed by atoms with E-state index in [0.29, 0.717) is 6.61 Å². The fourth-order valence-electron chi connectivity index (χ4n) is 3.24. The minimum absolute atomic E-state index is 0.183. The number of carbonyl (C=O) groups excluding carboxylic acids is 1. The molecule has 1 N–H and O–H groups in total. The molecule has 0 unspecified atom stereocenters. The van der Waals surface area contributed by atoms with Gasteiger partial charge in [-0.1, -0.05) is 66.4 Å². The van der Waals surface area contributed by atoms with Gasteiger partial charge in [0.2, 0.25) is 0 Å². The SMILES string of the molecule is CCn1c(SCC(=O)N/N=C/c2cccc(OCc3ccccc3)c2)nc2ccccc21. The van der Waals surface area contributed by atoms with Crippen LogP contribution in [0.3, 0.4) is 0 Å². The van der Waals surface area contributed by atoms with E-state index in [1.807, 2.05) is 78.9 Å². The lowest BCUT2D eigenvalue weighted by Crippen LogP contribution is -2.20. The lowest BCUT2D eigenvalue weighted by molar-refractivity contribution is -0.118. The highest BCUT2D eigenvalue weighted by atomic mass is 32.2. The van der Waals surface area contributed by atoms with Crippen LogP contribution in [0.5, 0.6) is 5.75 Å². The van der Waals surface area contributed by atoms with Crippen molar-refractivity contribution in [3.63, 3.8) is 0 Å². The van der Waals surface area contributed by atoms with Gasteiger partial charge in [-0.15, -0.1) is 0 Å². The van der Waals surface area contributed by atoms with E-state index >= 15 is 0 Å². The third-order valence-corrected chi connectivity index (χ3v) is 5.75. The summed E-state index contributed by atoms with van der Waals surface area (Å²) in [6.45, 7) is 3.36. The number of fused-ring (bicyclic) bond motifs is 1. The van der Waals surface area contributed by atoms with Crippen LogP contribution >= 0.6 is 11.8 Å². The number of nitrogens with zero attached hydrogens (tertiary/aromatic N) is 3. The van der Waals surface area contributed by atoms with E-state index in [9.17, 15) is 4.79 Å². The Labute approximate surface area is 191 Å². The maximum Gasteiger partial charge on any atom is 0.250 e. The number of aromatic nitrogens is 2. The minimum atomic E-state index is -0.183. The van der Waals surface area contributed by atoms with Gasteiger partial charge in [0, 0.05) is 6.54 Å². The monoisotopic (exact) mass is 444 g/mol. The maximum absolute atomic E-state index is 12.2. The van der Waals surface area contributed by atoms with Crippen LogP contribution in [0.2, 0.25) is 0 Å². The molecule has 0 aliphatic heterocycles. The first-order chi connectivity index (χ1) is 15.7. The Kier molecular flexibility index (Phi) is 7.19. The molecular weight excluding hydrogens is 420 g/mol. The van der Waals surface area contributed by atoms with Gasteiger partial charge >= 0.3 is 0 Å². The van der Waals surface area contributed by atoms with Gasteiger partial charge in [-0.25, -0.2) is 10.4 Å². The van der Waals surface area contributed by atoms with Gasteiger partial charge in [-0.05, 0) is 42.3 Å². The van der Waals surface area contributed by atoms with Crippen molar-refractivity contribution in [2.75, 3.05) is 5.75 Å². The van der Waals surface area contributed by atoms with Crippen molar-refractivity contribution in [1.29, 1.82) is 0 Å². The molecule has 4 aromatic rings. The number of ether oxygens (including phenoxy) is 1. The van der Waals surface area contributed by atoms with Crippen molar-refractivity contribution in [2.45, 2.75) is 25.2 Å². The average Bonchev–Trinajstić information content (AvgIpc) is 3.20. The molecule has 0 saturated heterocycles. The first kappa shape index (κ1) is 21.6. The molecule has 3 aromatic carbocycles. The molecule has 6 nitrogen and oxygen atoms in total. The zero-order chi connectivity index (χ0) is 22.2. The van der Waals surface area contributed by atoms with Crippen molar-refractivity contribution in [2.24, 2.45) is 5.10 Å². The molecule has 0 saturated carbocycles. The Balaban J connectivity index is 1.29. The van der Waals surface area contributed by atoms with Gasteiger partial charge in [-0.2, -0.15) is 5.10 Å². The van der Waals surface area contributed by atoms with Crippen LogP contribution in [0.4, 0.5) is 0 Å². The topological polar surface area (TPSA) is 68.5 Å². The standard InChI is InChI=1S/C25H24N4O2S/c1-2-29-23-14-7-6-13-22(23)27-25(29)32-18-24(30)28-26-16-20-11-8-12-21(15-20)31-17-19-9-4-3-5-10-19/h3-16H,2,17-18H2,1H3,(H,28,30)/b26-16+. The number of hydrogen-bond acceptors (Lipinski definition) is 5. The van der Waals surface area contributed by atoms with Gasteiger partial charge in [0.15, 0.2) is 5.16 Å². The second kappa shape index (κ2) is 10.6. The number of aryl methyl sites for hydroxylation is 1. The number of rotatable bonds is 9. The van der Waals surface area contributed by atoms with Gasteiger partial charge in [-0.3, -0.25) is 4.79 Å². The summed E-state index contributed by atoms with van der Waals surface area (Å²) in [5.41, 5.74) is 6.54.